The van der Waals surface area contributed by atoms with Crippen molar-refractivity contribution < 1.29 is 9.26 Å². The fraction of sp³-hybridized carbons (Fsp3) is 0.208. The summed E-state index contributed by atoms with van der Waals surface area (Å²) < 4.78 is 10.5. The monoisotopic (exact) mass is 415 g/mol. The van der Waals surface area contributed by atoms with Crippen LogP contribution in [0, 0.1) is 20.8 Å². The molecule has 0 aliphatic heterocycles. The number of hydrogen-bond acceptors (Lipinski definition) is 7. The van der Waals surface area contributed by atoms with E-state index in [1.165, 1.54) is 0 Å². The van der Waals surface area contributed by atoms with Crippen LogP contribution in [0.2, 0.25) is 0 Å². The second kappa shape index (κ2) is 8.87. The van der Waals surface area contributed by atoms with Gasteiger partial charge in [-0.15, -0.1) is 0 Å². The quantitative estimate of drug-likeness (QED) is 0.417. The normalized spacial score (nSPS) is 10.7. The highest BCUT2D eigenvalue weighted by molar-refractivity contribution is 5.67. The van der Waals surface area contributed by atoms with Crippen molar-refractivity contribution in [2.24, 2.45) is 0 Å². The molecular weight excluding hydrogens is 390 g/mol. The number of ether oxygens (including phenoxy) is 1. The molecule has 4 aromatic rings. The molecule has 2 aromatic heterocycles. The van der Waals surface area contributed by atoms with Crippen molar-refractivity contribution in [2.75, 3.05) is 17.7 Å². The number of nitrogens with one attached hydrogen (secondary N) is 2. The Kier molecular flexibility index (Phi) is 5.84. The molecule has 0 atom stereocenters. The van der Waals surface area contributed by atoms with Gasteiger partial charge in [-0.3, -0.25) is 0 Å². The Morgan fingerprint density at radius 1 is 0.968 bits per heavy atom. The van der Waals surface area contributed by atoms with Gasteiger partial charge in [-0.05, 0) is 44.0 Å². The molecule has 158 valence electrons. The number of rotatable bonds is 7. The van der Waals surface area contributed by atoms with Crippen molar-refractivity contribution in [2.45, 2.75) is 27.3 Å². The second-order valence-corrected chi connectivity index (χ2v) is 7.32. The van der Waals surface area contributed by atoms with Gasteiger partial charge in [-0.2, -0.15) is 4.98 Å². The van der Waals surface area contributed by atoms with Crippen LogP contribution in [0.15, 0.2) is 59.1 Å². The number of aryl methyl sites for hydroxylation is 3. The summed E-state index contributed by atoms with van der Waals surface area (Å²) in [5.74, 6) is 2.89. The zero-order chi connectivity index (χ0) is 21.8. The SMILES string of the molecule is COc1cccc(Nc2nc(C)cc(NCc3ccc(-c4c(C)noc4C)cc3)n2)c1. The molecule has 2 N–H and O–H groups in total. The first-order valence-corrected chi connectivity index (χ1v) is 10.0. The largest absolute Gasteiger partial charge is 0.497 e. The Balaban J connectivity index is 1.45. The predicted molar refractivity (Wildman–Crippen MR) is 122 cm³/mol. The summed E-state index contributed by atoms with van der Waals surface area (Å²) in [5, 5.41) is 10.6. The van der Waals surface area contributed by atoms with Crippen molar-refractivity contribution in [3.8, 4) is 16.9 Å². The molecule has 0 aliphatic rings. The molecule has 4 rings (SSSR count). The smallest absolute Gasteiger partial charge is 0.229 e. The van der Waals surface area contributed by atoms with Gasteiger partial charge in [0.25, 0.3) is 0 Å². The van der Waals surface area contributed by atoms with E-state index in [1.807, 2.05) is 51.1 Å². The van der Waals surface area contributed by atoms with Crippen molar-refractivity contribution in [3.05, 3.63) is 77.3 Å². The Morgan fingerprint density at radius 3 is 2.48 bits per heavy atom. The molecule has 0 spiro atoms. The Bertz CT molecular complexity index is 1170. The number of methoxy groups -OCH3 is 1. The molecule has 0 aliphatic carbocycles. The molecule has 7 heteroatoms. The third-order valence-electron chi connectivity index (χ3n) is 4.93. The van der Waals surface area contributed by atoms with Gasteiger partial charge in [0.1, 0.15) is 17.3 Å². The molecule has 7 nitrogen and oxygen atoms in total. The lowest BCUT2D eigenvalue weighted by Crippen LogP contribution is -2.05. The van der Waals surface area contributed by atoms with E-state index in [0.29, 0.717) is 12.5 Å². The van der Waals surface area contributed by atoms with Gasteiger partial charge in [0, 0.05) is 35.6 Å². The van der Waals surface area contributed by atoms with E-state index in [4.69, 9.17) is 9.26 Å². The van der Waals surface area contributed by atoms with Crippen LogP contribution in [-0.4, -0.2) is 22.2 Å². The molecule has 2 aromatic carbocycles. The third-order valence-corrected chi connectivity index (χ3v) is 4.93. The number of aromatic nitrogens is 3. The molecule has 2 heterocycles. The van der Waals surface area contributed by atoms with Gasteiger partial charge >= 0.3 is 0 Å². The third kappa shape index (κ3) is 4.83. The van der Waals surface area contributed by atoms with Gasteiger partial charge in [-0.1, -0.05) is 35.5 Å². The lowest BCUT2D eigenvalue weighted by atomic mass is 10.0. The molecular formula is C24H25N5O2. The van der Waals surface area contributed by atoms with E-state index in [-0.39, 0.29) is 0 Å². The summed E-state index contributed by atoms with van der Waals surface area (Å²) in [6, 6.07) is 18.0. The fourth-order valence-corrected chi connectivity index (χ4v) is 3.42. The summed E-state index contributed by atoms with van der Waals surface area (Å²) >= 11 is 0. The average Bonchev–Trinajstić information content (AvgIpc) is 3.10. The van der Waals surface area contributed by atoms with Crippen molar-refractivity contribution in [1.29, 1.82) is 0 Å². The first-order chi connectivity index (χ1) is 15.0. The van der Waals surface area contributed by atoms with Crippen LogP contribution in [0.3, 0.4) is 0 Å². The maximum absolute atomic E-state index is 5.27. The highest BCUT2D eigenvalue weighted by atomic mass is 16.5. The van der Waals surface area contributed by atoms with Crippen LogP contribution in [0.5, 0.6) is 5.75 Å². The van der Waals surface area contributed by atoms with Crippen LogP contribution < -0.4 is 15.4 Å². The molecule has 0 saturated carbocycles. The summed E-state index contributed by atoms with van der Waals surface area (Å²) in [5.41, 5.74) is 5.94. The van der Waals surface area contributed by atoms with Gasteiger partial charge in [-0.25, -0.2) is 4.98 Å². The number of nitrogens with zero attached hydrogens (tertiary/aromatic N) is 3. The lowest BCUT2D eigenvalue weighted by molar-refractivity contribution is 0.393. The minimum atomic E-state index is 0.532. The number of benzene rings is 2. The maximum Gasteiger partial charge on any atom is 0.229 e. The van der Waals surface area contributed by atoms with Crippen LogP contribution in [0.1, 0.15) is 22.7 Å². The van der Waals surface area contributed by atoms with Crippen molar-refractivity contribution in [1.82, 2.24) is 15.1 Å². The molecule has 0 fully saturated rings. The lowest BCUT2D eigenvalue weighted by Gasteiger charge is -2.11. The average molecular weight is 415 g/mol. The predicted octanol–water partition coefficient (Wildman–Crippen LogP) is 5.42. The molecule has 0 saturated heterocycles. The van der Waals surface area contributed by atoms with E-state index in [1.54, 1.807) is 7.11 Å². The summed E-state index contributed by atoms with van der Waals surface area (Å²) in [6.45, 7) is 6.48. The zero-order valence-corrected chi connectivity index (χ0v) is 18.1. The Morgan fingerprint density at radius 2 is 1.77 bits per heavy atom. The second-order valence-electron chi connectivity index (χ2n) is 7.32. The summed E-state index contributed by atoms with van der Waals surface area (Å²) in [4.78, 5) is 9.06. The van der Waals surface area contributed by atoms with Gasteiger partial charge in [0.15, 0.2) is 0 Å². The van der Waals surface area contributed by atoms with E-state index in [2.05, 4.69) is 50.0 Å². The van der Waals surface area contributed by atoms with Crippen LogP contribution in [0.25, 0.3) is 11.1 Å². The molecule has 0 unspecified atom stereocenters. The first kappa shape index (κ1) is 20.4. The fourth-order valence-electron chi connectivity index (χ4n) is 3.42. The molecule has 0 radical (unpaired) electrons. The van der Waals surface area contributed by atoms with Crippen LogP contribution >= 0.6 is 0 Å². The Labute approximate surface area is 181 Å². The number of hydrogen-bond donors (Lipinski definition) is 2. The van der Waals surface area contributed by atoms with E-state index in [0.717, 1.165) is 51.1 Å². The molecule has 0 amide bonds. The standard InChI is InChI=1S/C24H25N5O2/c1-15-12-22(28-24(26-15)27-20-6-5-7-21(13-20)30-4)25-14-18-8-10-19(11-9-18)23-16(2)29-31-17(23)3/h5-13H,14H2,1-4H3,(H2,25,26,27,28). The summed E-state index contributed by atoms with van der Waals surface area (Å²) in [6.07, 6.45) is 0. The minimum absolute atomic E-state index is 0.532. The number of anilines is 3. The summed E-state index contributed by atoms with van der Waals surface area (Å²) in [7, 11) is 1.64. The Hall–Kier alpha value is -3.87. The minimum Gasteiger partial charge on any atom is -0.497 e. The first-order valence-electron chi connectivity index (χ1n) is 10.0. The van der Waals surface area contributed by atoms with E-state index in [9.17, 15) is 0 Å². The molecule has 0 bridgehead atoms. The highest BCUT2D eigenvalue weighted by Crippen LogP contribution is 2.27. The van der Waals surface area contributed by atoms with Gasteiger partial charge in [0.05, 0.1) is 12.8 Å². The van der Waals surface area contributed by atoms with Crippen molar-refractivity contribution in [3.63, 3.8) is 0 Å². The zero-order valence-electron chi connectivity index (χ0n) is 18.1. The van der Waals surface area contributed by atoms with Crippen LogP contribution in [0.4, 0.5) is 17.5 Å². The van der Waals surface area contributed by atoms with Gasteiger partial charge < -0.3 is 19.9 Å². The maximum atomic E-state index is 5.27. The topological polar surface area (TPSA) is 85.1 Å². The van der Waals surface area contributed by atoms with Gasteiger partial charge in [0.2, 0.25) is 5.95 Å². The van der Waals surface area contributed by atoms with E-state index >= 15 is 0 Å². The van der Waals surface area contributed by atoms with E-state index < -0.39 is 0 Å². The van der Waals surface area contributed by atoms with Crippen molar-refractivity contribution >= 4 is 17.5 Å². The molecule has 31 heavy (non-hydrogen) atoms. The van der Waals surface area contributed by atoms with Crippen LogP contribution in [-0.2, 0) is 6.54 Å². The highest BCUT2D eigenvalue weighted by Gasteiger charge is 2.11.